The standard InChI is InChI=1S/C11H23NO8P2/c1-4-5-6-7-12(8-10-19-21(13,14)17-2)9-11-20-22(15,16)18-3/h1H,5-11H2,2-3H3,(H,13,14)(H,15,16)/p-2. The van der Waals surface area contributed by atoms with Crippen LogP contribution in [0.5, 0.6) is 0 Å². The van der Waals surface area contributed by atoms with Crippen molar-refractivity contribution < 1.29 is 37.0 Å². The van der Waals surface area contributed by atoms with Crippen LogP contribution in [0.25, 0.3) is 0 Å². The van der Waals surface area contributed by atoms with Gasteiger partial charge in [0, 0.05) is 33.7 Å². The molecular weight excluding hydrogens is 336 g/mol. The molecule has 0 aromatic carbocycles. The monoisotopic (exact) mass is 357 g/mol. The van der Waals surface area contributed by atoms with Crippen molar-refractivity contribution >= 4 is 15.6 Å². The molecule has 0 N–H and O–H groups in total. The normalized spacial score (nSPS) is 16.9. The van der Waals surface area contributed by atoms with Crippen LogP contribution in [-0.2, 0) is 27.2 Å². The zero-order chi connectivity index (χ0) is 17.1. The molecule has 11 heteroatoms. The Morgan fingerprint density at radius 1 is 1.00 bits per heavy atom. The maximum Gasteiger partial charge on any atom is 0.267 e. The van der Waals surface area contributed by atoms with Crippen LogP contribution in [0.4, 0.5) is 0 Å². The first kappa shape index (κ1) is 21.7. The Labute approximate surface area is 130 Å². The minimum atomic E-state index is -4.27. The van der Waals surface area contributed by atoms with E-state index in [9.17, 15) is 18.9 Å². The Hall–Kier alpha value is -0.260. The Morgan fingerprint density at radius 2 is 1.45 bits per heavy atom. The number of phosphoric acid groups is 2. The second-order valence-electron chi connectivity index (χ2n) is 4.08. The van der Waals surface area contributed by atoms with E-state index in [1.807, 2.05) is 0 Å². The predicted molar refractivity (Wildman–Crippen MR) is 75.6 cm³/mol. The molecule has 0 spiro atoms. The van der Waals surface area contributed by atoms with Crippen molar-refractivity contribution in [1.82, 2.24) is 4.90 Å². The van der Waals surface area contributed by atoms with Crippen molar-refractivity contribution in [2.75, 3.05) is 47.1 Å². The molecule has 0 amide bonds. The molecule has 0 bridgehead atoms. The lowest BCUT2D eigenvalue weighted by Crippen LogP contribution is -2.32. The van der Waals surface area contributed by atoms with E-state index >= 15 is 0 Å². The van der Waals surface area contributed by atoms with E-state index in [-0.39, 0.29) is 26.3 Å². The van der Waals surface area contributed by atoms with Gasteiger partial charge in [-0.05, 0) is 13.0 Å². The molecule has 22 heavy (non-hydrogen) atoms. The molecule has 0 saturated carbocycles. The van der Waals surface area contributed by atoms with Gasteiger partial charge in [0.2, 0.25) is 0 Å². The first-order valence-corrected chi connectivity index (χ1v) is 9.37. The number of unbranched alkanes of at least 4 members (excludes halogenated alkanes) is 1. The number of terminal acetylenes is 1. The Morgan fingerprint density at radius 3 is 1.82 bits per heavy atom. The molecule has 0 aliphatic heterocycles. The van der Waals surface area contributed by atoms with Crippen LogP contribution in [0.1, 0.15) is 12.8 Å². The third-order valence-electron chi connectivity index (χ3n) is 2.56. The molecule has 0 heterocycles. The van der Waals surface area contributed by atoms with Crippen molar-refractivity contribution in [3.63, 3.8) is 0 Å². The van der Waals surface area contributed by atoms with Gasteiger partial charge in [0.25, 0.3) is 15.6 Å². The molecule has 0 aromatic rings. The molecule has 0 rings (SSSR count). The minimum absolute atomic E-state index is 0.121. The largest absolute Gasteiger partial charge is 0.756 e. The van der Waals surface area contributed by atoms with Gasteiger partial charge < -0.3 is 27.9 Å². The Kier molecular flexibility index (Phi) is 11.2. The first-order valence-electron chi connectivity index (χ1n) is 6.45. The summed E-state index contributed by atoms with van der Waals surface area (Å²) >= 11 is 0. The minimum Gasteiger partial charge on any atom is -0.756 e. The summed E-state index contributed by atoms with van der Waals surface area (Å²) in [6.45, 7) is 0.802. The van der Waals surface area contributed by atoms with Crippen LogP contribution in [0.2, 0.25) is 0 Å². The molecule has 0 aromatic heterocycles. The zero-order valence-electron chi connectivity index (χ0n) is 12.6. The van der Waals surface area contributed by atoms with E-state index in [2.05, 4.69) is 24.0 Å². The zero-order valence-corrected chi connectivity index (χ0v) is 14.4. The van der Waals surface area contributed by atoms with Crippen LogP contribution in [-0.4, -0.2) is 52.0 Å². The van der Waals surface area contributed by atoms with Crippen LogP contribution in [0, 0.1) is 12.3 Å². The molecule has 0 radical (unpaired) electrons. The highest BCUT2D eigenvalue weighted by Gasteiger charge is 2.11. The third kappa shape index (κ3) is 11.3. The first-order chi connectivity index (χ1) is 10.3. The highest BCUT2D eigenvalue weighted by atomic mass is 31.2. The summed E-state index contributed by atoms with van der Waals surface area (Å²) in [6.07, 6.45) is 6.38. The van der Waals surface area contributed by atoms with Crippen molar-refractivity contribution in [3.05, 3.63) is 0 Å². The van der Waals surface area contributed by atoms with Crippen molar-refractivity contribution in [3.8, 4) is 12.3 Å². The predicted octanol–water partition coefficient (Wildman–Crippen LogP) is -0.0354. The van der Waals surface area contributed by atoms with Gasteiger partial charge in [0.15, 0.2) is 0 Å². The maximum atomic E-state index is 11.0. The lowest BCUT2D eigenvalue weighted by atomic mass is 10.3. The lowest BCUT2D eigenvalue weighted by Gasteiger charge is -2.26. The summed E-state index contributed by atoms with van der Waals surface area (Å²) in [6, 6.07) is 0. The molecular formula is C11H21NO8P2-2. The molecule has 2 atom stereocenters. The van der Waals surface area contributed by atoms with E-state index in [4.69, 9.17) is 6.42 Å². The lowest BCUT2D eigenvalue weighted by molar-refractivity contribution is -0.223. The number of phosphoric ester groups is 2. The van der Waals surface area contributed by atoms with E-state index in [1.165, 1.54) is 0 Å². The number of hydrogen-bond acceptors (Lipinski definition) is 9. The van der Waals surface area contributed by atoms with Crippen LogP contribution in [0.15, 0.2) is 0 Å². The third-order valence-corrected chi connectivity index (χ3v) is 4.45. The summed E-state index contributed by atoms with van der Waals surface area (Å²) in [4.78, 5) is 23.9. The van der Waals surface area contributed by atoms with Gasteiger partial charge >= 0.3 is 0 Å². The number of nitrogens with zero attached hydrogens (tertiary/aromatic N) is 1. The molecule has 0 aliphatic rings. The number of rotatable bonds is 13. The summed E-state index contributed by atoms with van der Waals surface area (Å²) in [7, 11) is -6.54. The second kappa shape index (κ2) is 11.3. The molecule has 0 fully saturated rings. The Balaban J connectivity index is 4.23. The topological polar surface area (TPSA) is 120 Å². The average molecular weight is 357 g/mol. The molecule has 9 nitrogen and oxygen atoms in total. The van der Waals surface area contributed by atoms with Crippen LogP contribution in [0.3, 0.4) is 0 Å². The fourth-order valence-corrected chi connectivity index (χ4v) is 2.23. The van der Waals surface area contributed by atoms with Crippen molar-refractivity contribution in [2.45, 2.75) is 12.8 Å². The van der Waals surface area contributed by atoms with Gasteiger partial charge in [0.1, 0.15) is 0 Å². The van der Waals surface area contributed by atoms with Crippen molar-refractivity contribution in [2.24, 2.45) is 0 Å². The molecule has 0 aliphatic carbocycles. The molecule has 0 saturated heterocycles. The van der Waals surface area contributed by atoms with Gasteiger partial charge in [0.05, 0.1) is 13.2 Å². The van der Waals surface area contributed by atoms with E-state index in [0.717, 1.165) is 14.2 Å². The van der Waals surface area contributed by atoms with Gasteiger partial charge in [-0.1, -0.05) is 0 Å². The fourth-order valence-electron chi connectivity index (χ4n) is 1.41. The highest BCUT2D eigenvalue weighted by molar-refractivity contribution is 7.46. The van der Waals surface area contributed by atoms with E-state index in [0.29, 0.717) is 19.4 Å². The van der Waals surface area contributed by atoms with Crippen molar-refractivity contribution in [1.29, 1.82) is 0 Å². The quantitative estimate of drug-likeness (QED) is 0.254. The van der Waals surface area contributed by atoms with Gasteiger partial charge in [-0.3, -0.25) is 14.0 Å². The van der Waals surface area contributed by atoms with Gasteiger partial charge in [-0.2, -0.15) is 0 Å². The second-order valence-corrected chi connectivity index (χ2v) is 7.11. The summed E-state index contributed by atoms with van der Waals surface area (Å²) in [5, 5.41) is 0. The maximum absolute atomic E-state index is 11.0. The summed E-state index contributed by atoms with van der Waals surface area (Å²) < 4.78 is 39.6. The smallest absolute Gasteiger partial charge is 0.267 e. The van der Waals surface area contributed by atoms with Crippen LogP contribution >= 0.6 is 15.6 Å². The molecule has 130 valence electrons. The number of hydrogen-bond donors (Lipinski definition) is 0. The Bertz CT molecular complexity index is 408. The molecule has 2 unspecified atom stereocenters. The van der Waals surface area contributed by atoms with E-state index in [1.54, 1.807) is 4.90 Å². The van der Waals surface area contributed by atoms with E-state index < -0.39 is 15.6 Å². The van der Waals surface area contributed by atoms with Gasteiger partial charge in [-0.25, -0.2) is 0 Å². The fraction of sp³-hybridized carbons (Fsp3) is 0.818. The van der Waals surface area contributed by atoms with Gasteiger partial charge in [-0.15, -0.1) is 12.3 Å². The SMILES string of the molecule is C#CCCCN(CCOP(=O)([O-])OC)CCOP(=O)([O-])OC. The highest BCUT2D eigenvalue weighted by Crippen LogP contribution is 2.37. The summed E-state index contributed by atoms with van der Waals surface area (Å²) in [5.74, 6) is 2.48. The average Bonchev–Trinajstić information content (AvgIpc) is 2.46. The summed E-state index contributed by atoms with van der Waals surface area (Å²) in [5.41, 5.74) is 0. The van der Waals surface area contributed by atoms with Crippen LogP contribution < -0.4 is 9.79 Å².